The van der Waals surface area contributed by atoms with E-state index in [1.807, 2.05) is 0 Å². The number of likely N-dealkylation sites (tertiary alicyclic amines) is 1. The third-order valence-electron chi connectivity index (χ3n) is 4.12. The Balaban J connectivity index is 1.92. The Hall–Kier alpha value is -0.0800. The molecule has 0 aromatic heterocycles. The van der Waals surface area contributed by atoms with Gasteiger partial charge in [0, 0.05) is 19.1 Å². The Morgan fingerprint density at radius 3 is 2.29 bits per heavy atom. The van der Waals surface area contributed by atoms with Crippen molar-refractivity contribution in [2.45, 2.75) is 58.3 Å². The van der Waals surface area contributed by atoms with E-state index in [2.05, 4.69) is 25.7 Å². The Morgan fingerprint density at radius 2 is 1.79 bits per heavy atom. The maximum absolute atomic E-state index is 5.85. The quantitative estimate of drug-likeness (QED) is 0.688. The van der Waals surface area contributed by atoms with E-state index < -0.39 is 0 Å². The maximum atomic E-state index is 5.85. The number of ether oxygens (including phenoxy) is 1. The van der Waals surface area contributed by atoms with E-state index in [4.69, 9.17) is 4.74 Å². The van der Waals surface area contributed by atoms with Crippen LogP contribution in [0.4, 0.5) is 0 Å². The molecule has 0 radical (unpaired) electrons. The zero-order chi connectivity index (χ0) is 10.1. The van der Waals surface area contributed by atoms with E-state index in [-0.39, 0.29) is 0 Å². The normalized spacial score (nSPS) is 37.1. The average molecular weight is 197 g/mol. The van der Waals surface area contributed by atoms with Gasteiger partial charge in [-0.3, -0.25) is 4.90 Å². The van der Waals surface area contributed by atoms with Crippen molar-refractivity contribution in [3.8, 4) is 0 Å². The topological polar surface area (TPSA) is 12.5 Å². The number of morpholine rings is 1. The van der Waals surface area contributed by atoms with E-state index in [1.165, 1.54) is 32.4 Å². The van der Waals surface area contributed by atoms with Gasteiger partial charge in [0.25, 0.3) is 0 Å². The number of rotatable bonds is 3. The van der Waals surface area contributed by atoms with Crippen molar-refractivity contribution in [1.29, 1.82) is 0 Å². The van der Waals surface area contributed by atoms with Gasteiger partial charge in [-0.05, 0) is 25.7 Å². The monoisotopic (exact) mass is 197 g/mol. The lowest BCUT2D eigenvalue weighted by Crippen LogP contribution is -2.48. The van der Waals surface area contributed by atoms with E-state index in [9.17, 15) is 0 Å². The van der Waals surface area contributed by atoms with Crippen LogP contribution in [0.25, 0.3) is 0 Å². The molecule has 4 atom stereocenters. The molecule has 0 N–H and O–H groups in total. The van der Waals surface area contributed by atoms with Crippen LogP contribution in [0.1, 0.15) is 40.0 Å². The van der Waals surface area contributed by atoms with E-state index in [0.29, 0.717) is 12.2 Å². The summed E-state index contributed by atoms with van der Waals surface area (Å²) in [4.78, 5) is 2.64. The van der Waals surface area contributed by atoms with Crippen LogP contribution in [0.2, 0.25) is 0 Å². The molecule has 2 saturated heterocycles. The SMILES string of the molecule is CCC(C)C(C)N1CC2CCC(C1)O2. The first kappa shape index (κ1) is 10.4. The van der Waals surface area contributed by atoms with Crippen LogP contribution >= 0.6 is 0 Å². The maximum Gasteiger partial charge on any atom is 0.0707 e. The second kappa shape index (κ2) is 4.19. The van der Waals surface area contributed by atoms with Crippen molar-refractivity contribution in [3.63, 3.8) is 0 Å². The molecule has 2 aliphatic rings. The molecule has 82 valence electrons. The van der Waals surface area contributed by atoms with Crippen molar-refractivity contribution >= 4 is 0 Å². The molecule has 2 heteroatoms. The van der Waals surface area contributed by atoms with E-state index in [1.54, 1.807) is 0 Å². The molecule has 2 aliphatic heterocycles. The van der Waals surface area contributed by atoms with Gasteiger partial charge in [-0.25, -0.2) is 0 Å². The first-order chi connectivity index (χ1) is 6.70. The van der Waals surface area contributed by atoms with Gasteiger partial charge in [0.2, 0.25) is 0 Å². The molecule has 0 spiro atoms. The van der Waals surface area contributed by atoms with Gasteiger partial charge in [-0.2, -0.15) is 0 Å². The van der Waals surface area contributed by atoms with Gasteiger partial charge in [0.1, 0.15) is 0 Å². The van der Waals surface area contributed by atoms with Crippen LogP contribution < -0.4 is 0 Å². The summed E-state index contributed by atoms with van der Waals surface area (Å²) in [6.07, 6.45) is 4.94. The predicted octanol–water partition coefficient (Wildman–Crippen LogP) is 2.28. The first-order valence-electron chi connectivity index (χ1n) is 6.10. The summed E-state index contributed by atoms with van der Waals surface area (Å²) in [6.45, 7) is 9.36. The summed E-state index contributed by atoms with van der Waals surface area (Å²) in [7, 11) is 0. The minimum atomic E-state index is 0.542. The van der Waals surface area contributed by atoms with Crippen LogP contribution in [-0.2, 0) is 4.74 Å². The highest BCUT2D eigenvalue weighted by Gasteiger charge is 2.36. The summed E-state index contributed by atoms with van der Waals surface area (Å²) in [5.41, 5.74) is 0. The summed E-state index contributed by atoms with van der Waals surface area (Å²) in [5, 5.41) is 0. The molecule has 4 unspecified atom stereocenters. The summed E-state index contributed by atoms with van der Waals surface area (Å²) in [6, 6.07) is 0.729. The van der Waals surface area contributed by atoms with Gasteiger partial charge in [0.15, 0.2) is 0 Å². The largest absolute Gasteiger partial charge is 0.372 e. The van der Waals surface area contributed by atoms with Crippen molar-refractivity contribution < 1.29 is 4.74 Å². The third kappa shape index (κ3) is 1.96. The highest BCUT2D eigenvalue weighted by molar-refractivity contribution is 4.87. The summed E-state index contributed by atoms with van der Waals surface area (Å²) < 4.78 is 5.85. The fraction of sp³-hybridized carbons (Fsp3) is 1.00. The molecule has 2 fully saturated rings. The molecule has 0 aromatic carbocycles. The molecule has 14 heavy (non-hydrogen) atoms. The summed E-state index contributed by atoms with van der Waals surface area (Å²) in [5.74, 6) is 0.812. The Labute approximate surface area is 87.6 Å². The molecule has 2 bridgehead atoms. The van der Waals surface area contributed by atoms with Crippen LogP contribution in [0.3, 0.4) is 0 Å². The van der Waals surface area contributed by atoms with E-state index in [0.717, 1.165) is 12.0 Å². The Kier molecular flexibility index (Phi) is 3.13. The van der Waals surface area contributed by atoms with Crippen molar-refractivity contribution in [3.05, 3.63) is 0 Å². The fourth-order valence-corrected chi connectivity index (χ4v) is 2.68. The number of fused-ring (bicyclic) bond motifs is 2. The van der Waals surface area contributed by atoms with E-state index >= 15 is 0 Å². The standard InChI is InChI=1S/C12H23NO/c1-4-9(2)10(3)13-7-11-5-6-12(8-13)14-11/h9-12H,4-8H2,1-3H3. The van der Waals surface area contributed by atoms with Crippen LogP contribution in [0, 0.1) is 5.92 Å². The number of hydrogen-bond acceptors (Lipinski definition) is 2. The van der Waals surface area contributed by atoms with Crippen molar-refractivity contribution in [1.82, 2.24) is 4.90 Å². The van der Waals surface area contributed by atoms with Gasteiger partial charge in [-0.15, -0.1) is 0 Å². The van der Waals surface area contributed by atoms with Crippen LogP contribution in [0.15, 0.2) is 0 Å². The lowest BCUT2D eigenvalue weighted by Gasteiger charge is -2.38. The number of nitrogens with zero attached hydrogens (tertiary/aromatic N) is 1. The zero-order valence-electron chi connectivity index (χ0n) is 9.70. The molecule has 0 saturated carbocycles. The lowest BCUT2D eigenvalue weighted by atomic mass is 9.98. The van der Waals surface area contributed by atoms with Gasteiger partial charge >= 0.3 is 0 Å². The highest BCUT2D eigenvalue weighted by Crippen LogP contribution is 2.29. The molecule has 2 nitrogen and oxygen atoms in total. The summed E-state index contributed by atoms with van der Waals surface area (Å²) >= 11 is 0. The third-order valence-corrected chi connectivity index (χ3v) is 4.12. The minimum Gasteiger partial charge on any atom is -0.372 e. The number of hydrogen-bond donors (Lipinski definition) is 0. The van der Waals surface area contributed by atoms with Crippen LogP contribution in [0.5, 0.6) is 0 Å². The molecule has 0 aromatic rings. The molecular weight excluding hydrogens is 174 g/mol. The predicted molar refractivity (Wildman–Crippen MR) is 58.4 cm³/mol. The van der Waals surface area contributed by atoms with Crippen molar-refractivity contribution in [2.75, 3.05) is 13.1 Å². The van der Waals surface area contributed by atoms with Gasteiger partial charge in [-0.1, -0.05) is 20.3 Å². The lowest BCUT2D eigenvalue weighted by molar-refractivity contribution is -0.0572. The molecule has 0 aliphatic carbocycles. The molecule has 0 amide bonds. The highest BCUT2D eigenvalue weighted by atomic mass is 16.5. The van der Waals surface area contributed by atoms with Crippen LogP contribution in [-0.4, -0.2) is 36.2 Å². The fourth-order valence-electron chi connectivity index (χ4n) is 2.68. The minimum absolute atomic E-state index is 0.542. The van der Waals surface area contributed by atoms with Crippen molar-refractivity contribution in [2.24, 2.45) is 5.92 Å². The molecule has 2 rings (SSSR count). The Bertz CT molecular complexity index is 183. The molecule has 2 heterocycles. The smallest absolute Gasteiger partial charge is 0.0707 e. The zero-order valence-corrected chi connectivity index (χ0v) is 9.70. The Morgan fingerprint density at radius 1 is 1.21 bits per heavy atom. The average Bonchev–Trinajstić information content (AvgIpc) is 2.55. The second-order valence-corrected chi connectivity index (χ2v) is 5.04. The second-order valence-electron chi connectivity index (χ2n) is 5.04. The first-order valence-corrected chi connectivity index (χ1v) is 6.10. The van der Waals surface area contributed by atoms with Gasteiger partial charge in [0.05, 0.1) is 12.2 Å². The van der Waals surface area contributed by atoms with Gasteiger partial charge < -0.3 is 4.74 Å². The molecular formula is C12H23NO.